The minimum atomic E-state index is -0.904. The van der Waals surface area contributed by atoms with Crippen molar-refractivity contribution in [2.24, 2.45) is 5.92 Å². The van der Waals surface area contributed by atoms with Gasteiger partial charge in [-0.25, -0.2) is 9.96 Å². The van der Waals surface area contributed by atoms with Gasteiger partial charge in [0.1, 0.15) is 5.92 Å². The highest BCUT2D eigenvalue weighted by Crippen LogP contribution is 2.47. The topological polar surface area (TPSA) is 73.6 Å². The van der Waals surface area contributed by atoms with Crippen LogP contribution in [-0.2, 0) is 14.4 Å². The minimum absolute atomic E-state index is 0.288. The van der Waals surface area contributed by atoms with E-state index in [1.165, 1.54) is 4.90 Å². The molecule has 2 aliphatic rings. The van der Waals surface area contributed by atoms with Gasteiger partial charge in [-0.2, -0.15) is 5.26 Å². The van der Waals surface area contributed by atoms with Crippen molar-refractivity contribution in [3.8, 4) is 6.07 Å². The Hall–Kier alpha value is -3.95. The van der Waals surface area contributed by atoms with Gasteiger partial charge in [0, 0.05) is 0 Å². The zero-order valence-corrected chi connectivity index (χ0v) is 15.9. The lowest BCUT2D eigenvalue weighted by Gasteiger charge is -2.28. The van der Waals surface area contributed by atoms with Gasteiger partial charge >= 0.3 is 0 Å². The molecule has 0 aromatic heterocycles. The van der Waals surface area contributed by atoms with Crippen molar-refractivity contribution in [2.75, 3.05) is 9.96 Å². The van der Waals surface area contributed by atoms with Crippen LogP contribution in [0.25, 0.3) is 0 Å². The number of amides is 2. The fourth-order valence-corrected chi connectivity index (χ4v) is 4.14. The number of hydroxylamine groups is 1. The second kappa shape index (κ2) is 7.14. The van der Waals surface area contributed by atoms with Gasteiger partial charge in [0.2, 0.25) is 5.91 Å². The fourth-order valence-electron chi connectivity index (χ4n) is 4.14. The molecule has 3 aromatic carbocycles. The molecule has 0 spiro atoms. The summed E-state index contributed by atoms with van der Waals surface area (Å²) in [6, 6.07) is 27.0. The molecule has 0 aliphatic carbocycles. The summed E-state index contributed by atoms with van der Waals surface area (Å²) in [5.41, 5.74) is 2.63. The second-order valence-corrected chi connectivity index (χ2v) is 7.24. The first-order valence-electron chi connectivity index (χ1n) is 9.63. The van der Waals surface area contributed by atoms with Gasteiger partial charge in [0.05, 0.1) is 29.0 Å². The highest BCUT2D eigenvalue weighted by molar-refractivity contribution is 6.23. The highest BCUT2D eigenvalue weighted by atomic mass is 16.7. The van der Waals surface area contributed by atoms with E-state index in [1.807, 2.05) is 48.5 Å². The van der Waals surface area contributed by atoms with Gasteiger partial charge in [0.25, 0.3) is 5.91 Å². The van der Waals surface area contributed by atoms with Gasteiger partial charge in [-0.05, 0) is 42.0 Å². The van der Waals surface area contributed by atoms with E-state index in [9.17, 15) is 9.59 Å². The maximum Gasteiger partial charge on any atom is 0.266 e. The summed E-state index contributed by atoms with van der Waals surface area (Å²) in [4.78, 5) is 33.9. The van der Waals surface area contributed by atoms with Crippen LogP contribution in [0.2, 0.25) is 0 Å². The molecule has 2 aliphatic heterocycles. The van der Waals surface area contributed by atoms with Gasteiger partial charge in [-0.3, -0.25) is 14.4 Å². The summed E-state index contributed by atoms with van der Waals surface area (Å²) in [6.07, 6.45) is -0.904. The molecule has 0 N–H and O–H groups in total. The molecule has 0 unspecified atom stereocenters. The molecule has 6 heteroatoms. The van der Waals surface area contributed by atoms with Gasteiger partial charge in [-0.1, -0.05) is 48.5 Å². The number of carbonyl (C=O) groups excluding carboxylic acids is 2. The van der Waals surface area contributed by atoms with Crippen LogP contribution in [0.1, 0.15) is 17.2 Å². The average Bonchev–Trinajstić information content (AvgIpc) is 3.31. The van der Waals surface area contributed by atoms with E-state index < -0.39 is 18.1 Å². The van der Waals surface area contributed by atoms with E-state index in [4.69, 9.17) is 10.1 Å². The van der Waals surface area contributed by atoms with Crippen molar-refractivity contribution in [3.63, 3.8) is 0 Å². The third-order valence-electron chi connectivity index (χ3n) is 5.52. The highest BCUT2D eigenvalue weighted by Gasteiger charge is 2.60. The van der Waals surface area contributed by atoms with Crippen LogP contribution in [-0.4, -0.2) is 17.9 Å². The van der Waals surface area contributed by atoms with Crippen LogP contribution in [0, 0.1) is 17.2 Å². The molecule has 0 radical (unpaired) electrons. The number of benzene rings is 3. The largest absolute Gasteiger partial charge is 0.273 e. The van der Waals surface area contributed by atoms with E-state index >= 15 is 0 Å². The Morgan fingerprint density at radius 3 is 1.97 bits per heavy atom. The third kappa shape index (κ3) is 2.76. The lowest BCUT2D eigenvalue weighted by atomic mass is 9.90. The molecule has 6 nitrogen and oxygen atoms in total. The van der Waals surface area contributed by atoms with Crippen LogP contribution >= 0.6 is 0 Å². The van der Waals surface area contributed by atoms with E-state index in [-0.39, 0.29) is 11.8 Å². The number of hydrogen-bond donors (Lipinski definition) is 0. The summed E-state index contributed by atoms with van der Waals surface area (Å²) in [5, 5.41) is 10.8. The predicted molar refractivity (Wildman–Crippen MR) is 110 cm³/mol. The molecule has 2 amide bonds. The Balaban J connectivity index is 1.59. The van der Waals surface area contributed by atoms with Crippen molar-refractivity contribution in [3.05, 3.63) is 96.1 Å². The molecular weight excluding hydrogens is 378 g/mol. The van der Waals surface area contributed by atoms with E-state index in [1.54, 1.807) is 41.5 Å². The number of carbonyl (C=O) groups is 2. The second-order valence-electron chi connectivity index (χ2n) is 7.24. The van der Waals surface area contributed by atoms with E-state index in [0.717, 1.165) is 11.3 Å². The van der Waals surface area contributed by atoms with Gasteiger partial charge in [-0.15, -0.1) is 0 Å². The van der Waals surface area contributed by atoms with Gasteiger partial charge < -0.3 is 0 Å². The van der Waals surface area contributed by atoms with E-state index in [2.05, 4.69) is 6.07 Å². The molecular formula is C24H17N3O3. The zero-order chi connectivity index (χ0) is 20.7. The van der Waals surface area contributed by atoms with Crippen LogP contribution in [0.5, 0.6) is 0 Å². The zero-order valence-electron chi connectivity index (χ0n) is 15.9. The van der Waals surface area contributed by atoms with Gasteiger partial charge in [0.15, 0.2) is 6.10 Å². The first-order chi connectivity index (χ1) is 14.7. The number of anilines is 2. The monoisotopic (exact) mass is 395 g/mol. The lowest BCUT2D eigenvalue weighted by molar-refractivity contribution is -0.126. The smallest absolute Gasteiger partial charge is 0.266 e. The molecule has 5 rings (SSSR count). The third-order valence-corrected chi connectivity index (χ3v) is 5.52. The molecule has 0 saturated carbocycles. The van der Waals surface area contributed by atoms with Crippen LogP contribution in [0.3, 0.4) is 0 Å². The number of nitrogens with zero attached hydrogens (tertiary/aromatic N) is 3. The van der Waals surface area contributed by atoms with E-state index in [0.29, 0.717) is 11.3 Å². The Bertz CT molecular complexity index is 1140. The van der Waals surface area contributed by atoms with Crippen molar-refractivity contribution in [1.29, 1.82) is 5.26 Å². The molecule has 2 heterocycles. The lowest BCUT2D eigenvalue weighted by Crippen LogP contribution is -2.37. The summed E-state index contributed by atoms with van der Waals surface area (Å²) < 4.78 is 0. The van der Waals surface area contributed by atoms with Crippen molar-refractivity contribution in [2.45, 2.75) is 12.1 Å². The maximum absolute atomic E-state index is 13.4. The maximum atomic E-state index is 13.4. The fraction of sp³-hybridized carbons (Fsp3) is 0.125. The van der Waals surface area contributed by atoms with Crippen LogP contribution in [0.15, 0.2) is 84.9 Å². The minimum Gasteiger partial charge on any atom is -0.273 e. The van der Waals surface area contributed by atoms with Crippen LogP contribution in [0.4, 0.5) is 11.4 Å². The Kier molecular flexibility index (Phi) is 4.31. The predicted octanol–water partition coefficient (Wildman–Crippen LogP) is 3.61. The normalized spacial score (nSPS) is 22.8. The molecule has 30 heavy (non-hydrogen) atoms. The number of imide groups is 1. The Morgan fingerprint density at radius 2 is 1.37 bits per heavy atom. The summed E-state index contributed by atoms with van der Waals surface area (Å²) in [5.74, 6) is -1.34. The summed E-state index contributed by atoms with van der Waals surface area (Å²) in [7, 11) is 0. The molecule has 2 saturated heterocycles. The standard InChI is InChI=1S/C24H17N3O3/c25-15-16-11-13-17(14-12-16)21-20-22(30-27(21)19-9-5-2-6-10-19)24(29)26(23(20)28)18-7-3-1-4-8-18/h1-14,20-22H/t20-,21-,22+/m1/s1. The van der Waals surface area contributed by atoms with Crippen molar-refractivity contribution >= 4 is 23.2 Å². The summed E-state index contributed by atoms with van der Waals surface area (Å²) in [6.45, 7) is 0. The quantitative estimate of drug-likeness (QED) is 0.634. The SMILES string of the molecule is N#Cc1ccc([C@@H]2[C@H]3C(=O)N(c4ccccc4)C(=O)[C@H]3ON2c2ccccc2)cc1. The molecule has 0 bridgehead atoms. The van der Waals surface area contributed by atoms with Crippen LogP contribution < -0.4 is 9.96 Å². The first-order valence-corrected chi connectivity index (χ1v) is 9.63. The first kappa shape index (κ1) is 18.1. The molecule has 3 atom stereocenters. The number of rotatable bonds is 3. The average molecular weight is 395 g/mol. The number of fused-ring (bicyclic) bond motifs is 1. The number of nitriles is 1. The molecule has 2 fully saturated rings. The molecule has 146 valence electrons. The number of para-hydroxylation sites is 2. The molecule has 3 aromatic rings. The van der Waals surface area contributed by atoms with Crippen molar-refractivity contribution in [1.82, 2.24) is 0 Å². The van der Waals surface area contributed by atoms with Crippen molar-refractivity contribution < 1.29 is 14.4 Å². The Morgan fingerprint density at radius 1 is 0.767 bits per heavy atom. The summed E-state index contributed by atoms with van der Waals surface area (Å²) >= 11 is 0. The number of hydrogen-bond acceptors (Lipinski definition) is 5. The Labute approximate surface area is 173 Å².